The Balaban J connectivity index is 1.53. The zero-order valence-electron chi connectivity index (χ0n) is 21.5. The van der Waals surface area contributed by atoms with Gasteiger partial charge in [0.05, 0.1) is 7.11 Å². The number of alkyl carbamates (subject to hydrolysis) is 1. The highest BCUT2D eigenvalue weighted by atomic mass is 16.6. The lowest BCUT2D eigenvalue weighted by Gasteiger charge is -2.18. The molecule has 0 saturated heterocycles. The molecule has 0 saturated carbocycles. The van der Waals surface area contributed by atoms with Crippen LogP contribution >= 0.6 is 0 Å². The van der Waals surface area contributed by atoms with Crippen molar-refractivity contribution in [3.05, 3.63) is 94.3 Å². The van der Waals surface area contributed by atoms with Crippen LogP contribution in [0.25, 0.3) is 22.1 Å². The maximum atomic E-state index is 13.0. The van der Waals surface area contributed by atoms with Gasteiger partial charge >= 0.3 is 17.7 Å². The minimum Gasteiger partial charge on any atom is -0.497 e. The van der Waals surface area contributed by atoms with Gasteiger partial charge in [-0.2, -0.15) is 0 Å². The van der Waals surface area contributed by atoms with E-state index in [1.165, 1.54) is 6.07 Å². The number of ether oxygens (including phenoxy) is 3. The highest BCUT2D eigenvalue weighted by Gasteiger charge is 2.24. The molecular formula is C30H29NO7. The summed E-state index contributed by atoms with van der Waals surface area (Å²) in [5.41, 5.74) is 2.61. The van der Waals surface area contributed by atoms with Crippen LogP contribution in [-0.4, -0.2) is 25.2 Å². The number of benzene rings is 3. The molecule has 1 unspecified atom stereocenters. The second-order valence-electron chi connectivity index (χ2n) is 8.74. The highest BCUT2D eigenvalue weighted by Crippen LogP contribution is 2.34. The van der Waals surface area contributed by atoms with Gasteiger partial charge in [0, 0.05) is 17.0 Å². The normalized spacial score (nSPS) is 11.6. The molecule has 1 N–H and O–H groups in total. The predicted molar refractivity (Wildman–Crippen MR) is 143 cm³/mol. The third-order valence-corrected chi connectivity index (χ3v) is 6.09. The van der Waals surface area contributed by atoms with Crippen molar-refractivity contribution in [2.75, 3.05) is 7.11 Å². The van der Waals surface area contributed by atoms with Crippen LogP contribution in [0.5, 0.6) is 11.5 Å². The summed E-state index contributed by atoms with van der Waals surface area (Å²) in [6.45, 7) is 3.69. The van der Waals surface area contributed by atoms with E-state index in [-0.39, 0.29) is 12.4 Å². The number of hydrogen-bond acceptors (Lipinski definition) is 7. The number of amides is 1. The van der Waals surface area contributed by atoms with Gasteiger partial charge in [0.1, 0.15) is 29.7 Å². The van der Waals surface area contributed by atoms with Gasteiger partial charge in [-0.1, -0.05) is 55.8 Å². The Morgan fingerprint density at radius 2 is 1.74 bits per heavy atom. The van der Waals surface area contributed by atoms with E-state index in [0.29, 0.717) is 40.7 Å². The van der Waals surface area contributed by atoms with E-state index in [1.807, 2.05) is 61.5 Å². The fourth-order valence-corrected chi connectivity index (χ4v) is 4.09. The summed E-state index contributed by atoms with van der Waals surface area (Å²) < 4.78 is 21.6. The molecule has 0 aliphatic rings. The van der Waals surface area contributed by atoms with Gasteiger partial charge < -0.3 is 23.9 Å². The van der Waals surface area contributed by atoms with Crippen molar-refractivity contribution < 1.29 is 28.2 Å². The standard InChI is InChI=1S/C30H29NO7/c1-4-8-25(31-30(34)36-18-20-9-6-5-7-10-20)29(33)37-26-16-15-23-24(17-27(32)38-28(23)19(26)2)21-11-13-22(35-3)14-12-21/h5-7,9-17,25H,4,8,18H2,1-3H3,(H,31,34). The third-order valence-electron chi connectivity index (χ3n) is 6.09. The predicted octanol–water partition coefficient (Wildman–Crippen LogP) is 5.78. The molecule has 196 valence electrons. The van der Waals surface area contributed by atoms with Crippen LogP contribution in [0, 0.1) is 6.92 Å². The molecule has 4 aromatic rings. The first kappa shape index (κ1) is 26.5. The summed E-state index contributed by atoms with van der Waals surface area (Å²) in [5, 5.41) is 3.29. The Bertz CT molecular complexity index is 1480. The topological polar surface area (TPSA) is 104 Å². The van der Waals surface area contributed by atoms with Crippen molar-refractivity contribution in [2.45, 2.75) is 39.3 Å². The number of fused-ring (bicyclic) bond motifs is 1. The second-order valence-corrected chi connectivity index (χ2v) is 8.74. The first-order valence-corrected chi connectivity index (χ1v) is 12.3. The molecule has 3 aromatic carbocycles. The molecule has 1 amide bonds. The number of carbonyl (C=O) groups excluding carboxylic acids is 2. The minimum atomic E-state index is -0.906. The van der Waals surface area contributed by atoms with Crippen molar-refractivity contribution in [1.82, 2.24) is 5.32 Å². The maximum absolute atomic E-state index is 13.0. The van der Waals surface area contributed by atoms with E-state index in [9.17, 15) is 14.4 Å². The van der Waals surface area contributed by atoms with Gasteiger partial charge in [0.15, 0.2) is 0 Å². The molecule has 4 rings (SSSR count). The summed E-state index contributed by atoms with van der Waals surface area (Å²) in [6, 6.07) is 20.5. The van der Waals surface area contributed by atoms with Gasteiger partial charge in [0.25, 0.3) is 0 Å². The molecule has 0 bridgehead atoms. The zero-order chi connectivity index (χ0) is 27.1. The van der Waals surface area contributed by atoms with Crippen molar-refractivity contribution in [3.63, 3.8) is 0 Å². The third kappa shape index (κ3) is 6.21. The average Bonchev–Trinajstić information content (AvgIpc) is 2.93. The minimum absolute atomic E-state index is 0.0832. The lowest BCUT2D eigenvalue weighted by molar-refractivity contribution is -0.136. The lowest BCUT2D eigenvalue weighted by atomic mass is 10.00. The first-order valence-electron chi connectivity index (χ1n) is 12.3. The smallest absolute Gasteiger partial charge is 0.408 e. The van der Waals surface area contributed by atoms with Crippen LogP contribution in [0.4, 0.5) is 4.79 Å². The molecule has 0 spiro atoms. The number of nitrogens with one attached hydrogen (secondary N) is 1. The molecule has 8 nitrogen and oxygen atoms in total. The fraction of sp³-hybridized carbons (Fsp3) is 0.233. The highest BCUT2D eigenvalue weighted by molar-refractivity contribution is 5.96. The molecule has 38 heavy (non-hydrogen) atoms. The Hall–Kier alpha value is -4.59. The maximum Gasteiger partial charge on any atom is 0.408 e. The van der Waals surface area contributed by atoms with Crippen molar-refractivity contribution >= 4 is 23.0 Å². The van der Waals surface area contributed by atoms with Crippen LogP contribution < -0.4 is 20.4 Å². The van der Waals surface area contributed by atoms with Crippen LogP contribution in [0.2, 0.25) is 0 Å². The molecule has 0 fully saturated rings. The van der Waals surface area contributed by atoms with Crippen LogP contribution in [-0.2, 0) is 16.1 Å². The van der Waals surface area contributed by atoms with Crippen LogP contribution in [0.15, 0.2) is 82.0 Å². The monoisotopic (exact) mass is 515 g/mol. The Morgan fingerprint density at radius 1 is 1.00 bits per heavy atom. The summed E-state index contributed by atoms with van der Waals surface area (Å²) in [6.07, 6.45) is 0.285. The van der Waals surface area contributed by atoms with E-state index in [1.54, 1.807) is 26.2 Å². The van der Waals surface area contributed by atoms with Crippen molar-refractivity contribution in [1.29, 1.82) is 0 Å². The molecule has 1 aromatic heterocycles. The van der Waals surface area contributed by atoms with E-state index in [4.69, 9.17) is 18.6 Å². The molecule has 0 aliphatic carbocycles. The lowest BCUT2D eigenvalue weighted by Crippen LogP contribution is -2.43. The number of esters is 1. The summed E-state index contributed by atoms with van der Waals surface area (Å²) >= 11 is 0. The van der Waals surface area contributed by atoms with Gasteiger partial charge in [-0.15, -0.1) is 0 Å². The zero-order valence-corrected chi connectivity index (χ0v) is 21.5. The number of methoxy groups -OCH3 is 1. The van der Waals surface area contributed by atoms with Crippen molar-refractivity contribution in [3.8, 4) is 22.6 Å². The number of hydrogen-bond donors (Lipinski definition) is 1. The molecule has 1 heterocycles. The molecule has 0 radical (unpaired) electrons. The Labute approximate surface area is 220 Å². The summed E-state index contributed by atoms with van der Waals surface area (Å²) in [5.74, 6) is 0.295. The van der Waals surface area contributed by atoms with Gasteiger partial charge in [0.2, 0.25) is 0 Å². The average molecular weight is 516 g/mol. The first-order chi connectivity index (χ1) is 18.4. The Morgan fingerprint density at radius 3 is 2.42 bits per heavy atom. The molecule has 0 aliphatic heterocycles. The molecular weight excluding hydrogens is 486 g/mol. The SMILES string of the molecule is CCCC(NC(=O)OCc1ccccc1)C(=O)Oc1ccc2c(-c3ccc(OC)cc3)cc(=O)oc2c1C. The quantitative estimate of drug-likeness (QED) is 0.171. The summed E-state index contributed by atoms with van der Waals surface area (Å²) in [7, 11) is 1.59. The number of aryl methyl sites for hydroxylation is 1. The van der Waals surface area contributed by atoms with E-state index >= 15 is 0 Å². The Kier molecular flexibility index (Phi) is 8.43. The van der Waals surface area contributed by atoms with Crippen LogP contribution in [0.1, 0.15) is 30.9 Å². The molecule has 1 atom stereocenters. The largest absolute Gasteiger partial charge is 0.497 e. The number of carbonyl (C=O) groups is 2. The van der Waals surface area contributed by atoms with Gasteiger partial charge in [-0.25, -0.2) is 14.4 Å². The van der Waals surface area contributed by atoms with E-state index in [0.717, 1.165) is 11.1 Å². The van der Waals surface area contributed by atoms with E-state index < -0.39 is 23.7 Å². The number of rotatable bonds is 9. The van der Waals surface area contributed by atoms with E-state index in [2.05, 4.69) is 5.32 Å². The summed E-state index contributed by atoms with van der Waals surface area (Å²) in [4.78, 5) is 37.8. The van der Waals surface area contributed by atoms with Gasteiger partial charge in [-0.3, -0.25) is 0 Å². The van der Waals surface area contributed by atoms with Crippen molar-refractivity contribution in [2.24, 2.45) is 0 Å². The molecule has 8 heteroatoms. The van der Waals surface area contributed by atoms with Gasteiger partial charge in [-0.05, 0) is 54.3 Å². The van der Waals surface area contributed by atoms with Crippen LogP contribution in [0.3, 0.4) is 0 Å². The fourth-order valence-electron chi connectivity index (χ4n) is 4.09. The second kappa shape index (κ2) is 12.1.